The van der Waals surface area contributed by atoms with Gasteiger partial charge in [0.25, 0.3) is 5.91 Å². The van der Waals surface area contributed by atoms with Crippen LogP contribution in [0.5, 0.6) is 5.75 Å². The van der Waals surface area contributed by atoms with Crippen LogP contribution in [0.3, 0.4) is 0 Å². The van der Waals surface area contributed by atoms with Gasteiger partial charge in [-0.3, -0.25) is 9.59 Å². The second-order valence-corrected chi connectivity index (χ2v) is 4.66. The van der Waals surface area contributed by atoms with Gasteiger partial charge in [-0.15, -0.1) is 0 Å². The third-order valence-electron chi connectivity index (χ3n) is 3.07. The van der Waals surface area contributed by atoms with Crippen LogP contribution < -0.4 is 15.8 Å². The summed E-state index contributed by atoms with van der Waals surface area (Å²) < 4.78 is 5.07. The largest absolute Gasteiger partial charge is 0.497 e. The minimum absolute atomic E-state index is 0.216. The summed E-state index contributed by atoms with van der Waals surface area (Å²) in [7, 11) is 1.55. The minimum Gasteiger partial charge on any atom is -0.497 e. The molecule has 0 saturated heterocycles. The molecule has 0 aliphatic rings. The van der Waals surface area contributed by atoms with Gasteiger partial charge in [-0.25, -0.2) is 0 Å². The highest BCUT2D eigenvalue weighted by Gasteiger charge is 2.04. The number of primary amides is 1. The molecule has 3 N–H and O–H groups in total. The average Bonchev–Trinajstić information content (AvgIpc) is 2.59. The highest BCUT2D eigenvalue weighted by atomic mass is 16.5. The third kappa shape index (κ3) is 4.61. The van der Waals surface area contributed by atoms with E-state index in [4.69, 9.17) is 10.5 Å². The Morgan fingerprint density at radius 2 is 1.87 bits per heavy atom. The van der Waals surface area contributed by atoms with Crippen molar-refractivity contribution in [2.45, 2.75) is 0 Å². The smallest absolute Gasteiger partial charge is 0.252 e. The highest BCUT2D eigenvalue weighted by molar-refractivity contribution is 5.94. The molecule has 0 radical (unpaired) electrons. The molecule has 0 aliphatic heterocycles. The van der Waals surface area contributed by atoms with Crippen LogP contribution in [0, 0.1) is 11.8 Å². The summed E-state index contributed by atoms with van der Waals surface area (Å²) in [4.78, 5) is 22.9. The fourth-order valence-electron chi connectivity index (χ4n) is 1.85. The van der Waals surface area contributed by atoms with Crippen molar-refractivity contribution in [1.82, 2.24) is 5.32 Å². The van der Waals surface area contributed by atoms with Crippen LogP contribution in [-0.4, -0.2) is 25.5 Å². The van der Waals surface area contributed by atoms with Crippen LogP contribution in [0.4, 0.5) is 0 Å². The maximum atomic E-state index is 12.0. The van der Waals surface area contributed by atoms with Crippen molar-refractivity contribution in [3.05, 3.63) is 65.2 Å². The molecular weight excluding hydrogens is 292 g/mol. The fraction of sp³-hybridized carbons (Fsp3) is 0.111. The molecule has 0 bridgehead atoms. The molecule has 2 rings (SSSR count). The lowest BCUT2D eigenvalue weighted by Gasteiger charge is -2.03. The summed E-state index contributed by atoms with van der Waals surface area (Å²) in [5, 5.41) is 2.71. The lowest BCUT2D eigenvalue weighted by molar-refractivity contribution is 0.0957. The first kappa shape index (κ1) is 16.1. The number of carbonyl (C=O) groups is 2. The van der Waals surface area contributed by atoms with Gasteiger partial charge in [-0.1, -0.05) is 17.9 Å². The predicted molar refractivity (Wildman–Crippen MR) is 87.2 cm³/mol. The van der Waals surface area contributed by atoms with E-state index in [-0.39, 0.29) is 12.5 Å². The Labute approximate surface area is 134 Å². The molecule has 23 heavy (non-hydrogen) atoms. The number of methoxy groups -OCH3 is 1. The Bertz CT molecular complexity index is 771. The van der Waals surface area contributed by atoms with Crippen molar-refractivity contribution < 1.29 is 14.3 Å². The Hall–Kier alpha value is -3.26. The van der Waals surface area contributed by atoms with Crippen LogP contribution in [0.25, 0.3) is 0 Å². The summed E-state index contributed by atoms with van der Waals surface area (Å²) in [5.74, 6) is 5.68. The lowest BCUT2D eigenvalue weighted by atomic mass is 10.1. The molecule has 0 fully saturated rings. The number of hydrogen-bond acceptors (Lipinski definition) is 3. The Balaban J connectivity index is 1.92. The molecule has 5 heteroatoms. The van der Waals surface area contributed by atoms with E-state index in [0.717, 1.165) is 5.56 Å². The maximum absolute atomic E-state index is 12.0. The van der Waals surface area contributed by atoms with Gasteiger partial charge in [0.15, 0.2) is 0 Å². The van der Waals surface area contributed by atoms with Crippen molar-refractivity contribution in [1.29, 1.82) is 0 Å². The second kappa shape index (κ2) is 7.66. The maximum Gasteiger partial charge on any atom is 0.252 e. The number of ether oxygens (including phenoxy) is 1. The molecule has 2 aromatic rings. The Kier molecular flexibility index (Phi) is 5.37. The summed E-state index contributed by atoms with van der Waals surface area (Å²) in [6.45, 7) is 0.216. The van der Waals surface area contributed by atoms with Gasteiger partial charge in [0, 0.05) is 16.7 Å². The second-order valence-electron chi connectivity index (χ2n) is 4.66. The molecule has 0 spiro atoms. The van der Waals surface area contributed by atoms with E-state index in [1.807, 2.05) is 0 Å². The molecule has 0 aliphatic carbocycles. The first-order valence-electron chi connectivity index (χ1n) is 6.91. The zero-order valence-corrected chi connectivity index (χ0v) is 12.6. The molecule has 0 unspecified atom stereocenters. The zero-order chi connectivity index (χ0) is 16.7. The number of amides is 2. The molecule has 0 saturated carbocycles. The van der Waals surface area contributed by atoms with Crippen LogP contribution in [0.2, 0.25) is 0 Å². The SMILES string of the molecule is COc1cccc(C(=O)NCC#Cc2ccc(C(N)=O)cc2)c1. The minimum atomic E-state index is -0.477. The summed E-state index contributed by atoms with van der Waals surface area (Å²) in [5.41, 5.74) is 6.85. The van der Waals surface area contributed by atoms with E-state index in [9.17, 15) is 9.59 Å². The molecule has 0 aromatic heterocycles. The number of rotatable bonds is 4. The van der Waals surface area contributed by atoms with E-state index in [1.54, 1.807) is 55.6 Å². The average molecular weight is 308 g/mol. The lowest BCUT2D eigenvalue weighted by Crippen LogP contribution is -2.23. The van der Waals surface area contributed by atoms with Gasteiger partial charge in [0.05, 0.1) is 13.7 Å². The number of nitrogens with one attached hydrogen (secondary N) is 1. The first-order valence-corrected chi connectivity index (χ1v) is 6.91. The van der Waals surface area contributed by atoms with Gasteiger partial charge >= 0.3 is 0 Å². The van der Waals surface area contributed by atoms with E-state index in [2.05, 4.69) is 17.2 Å². The van der Waals surface area contributed by atoms with Crippen molar-refractivity contribution >= 4 is 11.8 Å². The third-order valence-corrected chi connectivity index (χ3v) is 3.07. The number of nitrogens with two attached hydrogens (primary N) is 1. The van der Waals surface area contributed by atoms with Crippen molar-refractivity contribution in [2.75, 3.05) is 13.7 Å². The van der Waals surface area contributed by atoms with Gasteiger partial charge < -0.3 is 15.8 Å². The van der Waals surface area contributed by atoms with Gasteiger partial charge in [-0.05, 0) is 42.5 Å². The molecule has 2 aromatic carbocycles. The van der Waals surface area contributed by atoms with Crippen molar-refractivity contribution in [3.63, 3.8) is 0 Å². The first-order chi connectivity index (χ1) is 11.1. The molecule has 0 heterocycles. The molecule has 116 valence electrons. The van der Waals surface area contributed by atoms with Gasteiger partial charge in [0.2, 0.25) is 5.91 Å². The Morgan fingerprint density at radius 1 is 1.13 bits per heavy atom. The van der Waals surface area contributed by atoms with Crippen LogP contribution in [-0.2, 0) is 0 Å². The summed E-state index contributed by atoms with van der Waals surface area (Å²) >= 11 is 0. The summed E-state index contributed by atoms with van der Waals surface area (Å²) in [6, 6.07) is 13.5. The van der Waals surface area contributed by atoms with Gasteiger partial charge in [0.1, 0.15) is 5.75 Å². The predicted octanol–water partition coefficient (Wildman–Crippen LogP) is 1.58. The number of carbonyl (C=O) groups excluding carboxylic acids is 2. The molecule has 5 nitrogen and oxygen atoms in total. The van der Waals surface area contributed by atoms with E-state index < -0.39 is 5.91 Å². The normalized spacial score (nSPS) is 9.43. The fourth-order valence-corrected chi connectivity index (χ4v) is 1.85. The molecule has 2 amide bonds. The van der Waals surface area contributed by atoms with Crippen molar-refractivity contribution in [3.8, 4) is 17.6 Å². The highest BCUT2D eigenvalue weighted by Crippen LogP contribution is 2.12. The van der Waals surface area contributed by atoms with E-state index in [1.165, 1.54) is 0 Å². The monoisotopic (exact) mass is 308 g/mol. The quantitative estimate of drug-likeness (QED) is 0.841. The number of benzene rings is 2. The van der Waals surface area contributed by atoms with Crippen molar-refractivity contribution in [2.24, 2.45) is 5.73 Å². The van der Waals surface area contributed by atoms with E-state index in [0.29, 0.717) is 16.9 Å². The number of hydrogen-bond donors (Lipinski definition) is 2. The standard InChI is InChI=1S/C18H16N2O3/c1-23-16-6-2-5-15(12-16)18(22)20-11-3-4-13-7-9-14(10-8-13)17(19)21/h2,5-10,12H,11H2,1H3,(H2,19,21)(H,20,22). The Morgan fingerprint density at radius 3 is 2.52 bits per heavy atom. The van der Waals surface area contributed by atoms with Crippen LogP contribution in [0.15, 0.2) is 48.5 Å². The van der Waals surface area contributed by atoms with Crippen LogP contribution in [0.1, 0.15) is 26.3 Å². The topological polar surface area (TPSA) is 81.4 Å². The summed E-state index contributed by atoms with van der Waals surface area (Å²) in [6.07, 6.45) is 0. The zero-order valence-electron chi connectivity index (χ0n) is 12.6. The van der Waals surface area contributed by atoms with Crippen LogP contribution >= 0.6 is 0 Å². The molecular formula is C18H16N2O3. The van der Waals surface area contributed by atoms with E-state index >= 15 is 0 Å². The van der Waals surface area contributed by atoms with Gasteiger partial charge in [-0.2, -0.15) is 0 Å². The molecule has 0 atom stereocenters.